The Labute approximate surface area is 240 Å². The quantitative estimate of drug-likeness (QED) is 0.196. The second-order valence-corrected chi connectivity index (χ2v) is 10.8. The van der Waals surface area contributed by atoms with Crippen LogP contribution in [-0.4, -0.2) is 33.3 Å². The summed E-state index contributed by atoms with van der Waals surface area (Å²) in [4.78, 5) is 24.9. The maximum absolute atomic E-state index is 13.1. The summed E-state index contributed by atoms with van der Waals surface area (Å²) in [7, 11) is -4.09. The minimum Gasteiger partial charge on any atom is -0.456 e. The molecule has 0 saturated carbocycles. The van der Waals surface area contributed by atoms with Gasteiger partial charge in [0.25, 0.3) is 21.8 Å². The van der Waals surface area contributed by atoms with Crippen LogP contribution in [0.2, 0.25) is 10.0 Å². The third kappa shape index (κ3) is 7.50. The van der Waals surface area contributed by atoms with Gasteiger partial charge in [-0.25, -0.2) is 12.8 Å². The molecule has 0 unspecified atom stereocenters. The number of benzene rings is 4. The first-order valence-corrected chi connectivity index (χ1v) is 14.0. The fraction of sp³-hybridized carbons (Fsp3) is 0.0714. The van der Waals surface area contributed by atoms with E-state index in [2.05, 4.69) is 15.4 Å². The van der Waals surface area contributed by atoms with Gasteiger partial charge in [-0.05, 0) is 78.9 Å². The molecule has 0 saturated heterocycles. The first kappa shape index (κ1) is 28.9. The van der Waals surface area contributed by atoms with Crippen LogP contribution in [0.3, 0.4) is 0 Å². The van der Waals surface area contributed by atoms with Crippen molar-refractivity contribution in [2.45, 2.75) is 4.90 Å². The number of amides is 2. The lowest BCUT2D eigenvalue weighted by molar-refractivity contribution is 0.0928. The number of halogens is 3. The Bertz CT molecular complexity index is 1630. The molecule has 0 aliphatic carbocycles. The number of nitrogens with one attached hydrogen (secondary N) is 3. The number of ether oxygens (including phenoxy) is 1. The minimum absolute atomic E-state index is 0.00800. The zero-order valence-electron chi connectivity index (χ0n) is 20.7. The van der Waals surface area contributed by atoms with Gasteiger partial charge in [0.15, 0.2) is 0 Å². The van der Waals surface area contributed by atoms with Crippen molar-refractivity contribution in [1.29, 1.82) is 0 Å². The van der Waals surface area contributed by atoms with E-state index in [-0.39, 0.29) is 39.8 Å². The fourth-order valence-electron chi connectivity index (χ4n) is 3.49. The van der Waals surface area contributed by atoms with Gasteiger partial charge in [-0.15, -0.1) is 0 Å². The summed E-state index contributed by atoms with van der Waals surface area (Å²) in [6, 6.07) is 21.7. The number of rotatable bonds is 10. The van der Waals surface area contributed by atoms with E-state index in [9.17, 15) is 22.4 Å². The van der Waals surface area contributed by atoms with Crippen molar-refractivity contribution < 1.29 is 27.1 Å². The van der Waals surface area contributed by atoms with Crippen molar-refractivity contribution in [3.8, 4) is 11.5 Å². The molecule has 40 heavy (non-hydrogen) atoms. The van der Waals surface area contributed by atoms with Crippen molar-refractivity contribution in [3.05, 3.63) is 118 Å². The smallest absolute Gasteiger partial charge is 0.261 e. The summed E-state index contributed by atoms with van der Waals surface area (Å²) in [6.45, 7) is 0.115. The molecule has 206 valence electrons. The SMILES string of the molecule is O=C(NCCNC(=O)c1cc(Cl)ccc1NS(=O)(=O)c1ccc(Oc2ccccc2Cl)cc1)c1ccc(F)cc1. The summed E-state index contributed by atoms with van der Waals surface area (Å²) in [5, 5.41) is 5.84. The predicted octanol–water partition coefficient (Wildman–Crippen LogP) is 5.89. The summed E-state index contributed by atoms with van der Waals surface area (Å²) >= 11 is 12.2. The molecule has 2 amide bonds. The lowest BCUT2D eigenvalue weighted by Crippen LogP contribution is -2.35. The molecular formula is C28H22Cl2FN3O5S. The second-order valence-electron chi connectivity index (χ2n) is 8.32. The highest BCUT2D eigenvalue weighted by molar-refractivity contribution is 7.92. The van der Waals surface area contributed by atoms with Crippen molar-refractivity contribution in [3.63, 3.8) is 0 Å². The molecule has 3 N–H and O–H groups in total. The third-order valence-electron chi connectivity index (χ3n) is 5.47. The van der Waals surface area contributed by atoms with Gasteiger partial charge in [0.1, 0.15) is 17.3 Å². The van der Waals surface area contributed by atoms with Gasteiger partial charge in [0.05, 0.1) is 21.2 Å². The number of sulfonamides is 1. The monoisotopic (exact) mass is 601 g/mol. The van der Waals surface area contributed by atoms with Crippen LogP contribution in [0.25, 0.3) is 0 Å². The summed E-state index contributed by atoms with van der Waals surface area (Å²) < 4.78 is 47.3. The lowest BCUT2D eigenvalue weighted by atomic mass is 10.1. The Morgan fingerprint density at radius 1 is 0.800 bits per heavy atom. The fourth-order valence-corrected chi connectivity index (χ4v) is 4.92. The zero-order valence-corrected chi connectivity index (χ0v) is 23.0. The van der Waals surface area contributed by atoms with E-state index in [0.29, 0.717) is 16.5 Å². The Morgan fingerprint density at radius 2 is 1.45 bits per heavy atom. The third-order valence-corrected chi connectivity index (χ3v) is 7.40. The maximum atomic E-state index is 13.1. The molecule has 0 heterocycles. The maximum Gasteiger partial charge on any atom is 0.261 e. The highest BCUT2D eigenvalue weighted by Gasteiger charge is 2.20. The van der Waals surface area contributed by atoms with Crippen LogP contribution >= 0.6 is 23.2 Å². The van der Waals surface area contributed by atoms with E-state index in [1.807, 2.05) is 0 Å². The second kappa shape index (κ2) is 12.8. The molecule has 0 radical (unpaired) electrons. The van der Waals surface area contributed by atoms with Crippen LogP contribution in [0.15, 0.2) is 95.9 Å². The molecule has 4 aromatic rings. The van der Waals surface area contributed by atoms with Crippen LogP contribution in [0, 0.1) is 5.82 Å². The standard InChI is InChI=1S/C28H22Cl2FN3O5S/c29-19-7-14-25(23(17-19)28(36)33-16-15-32-27(35)18-5-8-20(31)9-6-18)34-40(37,38)22-12-10-21(11-13-22)39-26-4-2-1-3-24(26)30/h1-14,17,34H,15-16H2,(H,32,35)(H,33,36). The highest BCUT2D eigenvalue weighted by atomic mass is 35.5. The number of anilines is 1. The number of hydrogen-bond acceptors (Lipinski definition) is 5. The average molecular weight is 602 g/mol. The largest absolute Gasteiger partial charge is 0.456 e. The van der Waals surface area contributed by atoms with Gasteiger partial charge < -0.3 is 15.4 Å². The highest BCUT2D eigenvalue weighted by Crippen LogP contribution is 2.30. The molecule has 8 nitrogen and oxygen atoms in total. The van der Waals surface area contributed by atoms with E-state index in [1.165, 1.54) is 66.7 Å². The molecule has 0 aliphatic rings. The summed E-state index contributed by atoms with van der Waals surface area (Å²) in [5.74, 6) is -0.709. The van der Waals surface area contributed by atoms with Gasteiger partial charge in [0.2, 0.25) is 0 Å². The van der Waals surface area contributed by atoms with E-state index in [1.54, 1.807) is 24.3 Å². The molecule has 0 atom stereocenters. The van der Waals surface area contributed by atoms with Crippen LogP contribution in [-0.2, 0) is 10.0 Å². The Morgan fingerprint density at radius 3 is 2.12 bits per heavy atom. The Balaban J connectivity index is 1.39. The van der Waals surface area contributed by atoms with E-state index >= 15 is 0 Å². The molecule has 4 aromatic carbocycles. The predicted molar refractivity (Wildman–Crippen MR) is 151 cm³/mol. The normalized spacial score (nSPS) is 11.0. The van der Waals surface area contributed by atoms with Crippen LogP contribution in [0.1, 0.15) is 20.7 Å². The lowest BCUT2D eigenvalue weighted by Gasteiger charge is -2.14. The molecular weight excluding hydrogens is 580 g/mol. The van der Waals surface area contributed by atoms with E-state index in [4.69, 9.17) is 27.9 Å². The molecule has 12 heteroatoms. The molecule has 0 aromatic heterocycles. The molecule has 0 fully saturated rings. The molecule has 0 aliphatic heterocycles. The zero-order chi connectivity index (χ0) is 28.7. The molecule has 0 bridgehead atoms. The topological polar surface area (TPSA) is 114 Å². The van der Waals surface area contributed by atoms with Gasteiger partial charge in [-0.1, -0.05) is 35.3 Å². The van der Waals surface area contributed by atoms with Crippen molar-refractivity contribution in [2.24, 2.45) is 0 Å². The minimum atomic E-state index is -4.09. The average Bonchev–Trinajstić information content (AvgIpc) is 2.93. The summed E-state index contributed by atoms with van der Waals surface area (Å²) in [6.07, 6.45) is 0. The van der Waals surface area contributed by atoms with Gasteiger partial charge in [0, 0.05) is 23.7 Å². The van der Waals surface area contributed by atoms with E-state index in [0.717, 1.165) is 0 Å². The first-order valence-electron chi connectivity index (χ1n) is 11.8. The number of hydrogen-bond donors (Lipinski definition) is 3. The van der Waals surface area contributed by atoms with Gasteiger partial charge in [-0.2, -0.15) is 0 Å². The molecule has 0 spiro atoms. The van der Waals surface area contributed by atoms with Crippen LogP contribution in [0.5, 0.6) is 11.5 Å². The molecule has 4 rings (SSSR count). The Hall–Kier alpha value is -4.12. The van der Waals surface area contributed by atoms with E-state index < -0.39 is 27.7 Å². The Kier molecular flexibility index (Phi) is 9.26. The summed E-state index contributed by atoms with van der Waals surface area (Å²) in [5.41, 5.74) is 0.260. The van der Waals surface area contributed by atoms with Crippen LogP contribution < -0.4 is 20.1 Å². The van der Waals surface area contributed by atoms with Crippen molar-refractivity contribution in [1.82, 2.24) is 10.6 Å². The first-order chi connectivity index (χ1) is 19.1. The number of carbonyl (C=O) groups is 2. The van der Waals surface area contributed by atoms with Crippen LogP contribution in [0.4, 0.5) is 10.1 Å². The van der Waals surface area contributed by atoms with Gasteiger partial charge >= 0.3 is 0 Å². The number of para-hydroxylation sites is 1. The van der Waals surface area contributed by atoms with Gasteiger partial charge in [-0.3, -0.25) is 14.3 Å². The van der Waals surface area contributed by atoms with Crippen molar-refractivity contribution in [2.75, 3.05) is 17.8 Å². The number of carbonyl (C=O) groups excluding carboxylic acids is 2. The van der Waals surface area contributed by atoms with Crippen molar-refractivity contribution >= 4 is 50.7 Å².